The van der Waals surface area contributed by atoms with Crippen molar-refractivity contribution in [3.63, 3.8) is 0 Å². The van der Waals surface area contributed by atoms with Crippen LogP contribution >= 0.6 is 0 Å². The fourth-order valence-electron chi connectivity index (χ4n) is 1.78. The van der Waals surface area contributed by atoms with Crippen molar-refractivity contribution in [1.82, 2.24) is 15.3 Å². The molecule has 0 fully saturated rings. The number of unbranched alkanes of at least 4 members (excludes halogenated alkanes) is 1. The number of H-pyrrole nitrogens is 1. The molecule has 124 valence electrons. The van der Waals surface area contributed by atoms with Gasteiger partial charge in [0.25, 0.3) is 0 Å². The number of carbonyl (C=O) groups is 2. The summed E-state index contributed by atoms with van der Waals surface area (Å²) < 4.78 is 41.2. The van der Waals surface area contributed by atoms with E-state index in [1.165, 1.54) is 6.20 Å². The molecule has 0 radical (unpaired) electrons. The minimum atomic E-state index is -5.06. The number of ether oxygens (including phenoxy) is 1. The number of imidazole rings is 1. The summed E-state index contributed by atoms with van der Waals surface area (Å²) in [6.07, 6.45) is -1.20. The highest BCUT2D eigenvalue weighted by Gasteiger charge is 2.41. The first-order chi connectivity index (χ1) is 10.3. The molecule has 0 aliphatic heterocycles. The van der Waals surface area contributed by atoms with Crippen LogP contribution in [0.15, 0.2) is 6.20 Å². The number of nitrogens with one attached hydrogen (secondary N) is 2. The molecule has 0 aromatic carbocycles. The van der Waals surface area contributed by atoms with Crippen LogP contribution in [0.1, 0.15) is 31.3 Å². The molecule has 1 atom stereocenters. The predicted octanol–water partition coefficient (Wildman–Crippen LogP) is 1.51. The number of amides is 1. The van der Waals surface area contributed by atoms with Gasteiger partial charge < -0.3 is 15.0 Å². The van der Waals surface area contributed by atoms with Gasteiger partial charge in [0.1, 0.15) is 11.9 Å². The van der Waals surface area contributed by atoms with Gasteiger partial charge in [-0.3, -0.25) is 4.79 Å². The third-order valence-corrected chi connectivity index (χ3v) is 2.92. The van der Waals surface area contributed by atoms with Gasteiger partial charge in [-0.1, -0.05) is 13.3 Å². The van der Waals surface area contributed by atoms with Crippen molar-refractivity contribution in [3.05, 3.63) is 17.7 Å². The Bertz CT molecular complexity index is 514. The highest BCUT2D eigenvalue weighted by Crippen LogP contribution is 2.15. The van der Waals surface area contributed by atoms with Crippen molar-refractivity contribution >= 4 is 11.9 Å². The van der Waals surface area contributed by atoms with Gasteiger partial charge in [0.2, 0.25) is 0 Å². The van der Waals surface area contributed by atoms with E-state index in [2.05, 4.69) is 14.7 Å². The second kappa shape index (κ2) is 7.81. The second-order valence-electron chi connectivity index (χ2n) is 4.71. The fraction of sp³-hybridized carbons (Fsp3) is 0.615. The van der Waals surface area contributed by atoms with E-state index in [1.54, 1.807) is 5.32 Å². The maximum absolute atomic E-state index is 12.3. The summed E-state index contributed by atoms with van der Waals surface area (Å²) in [5.41, 5.74) is 0.448. The van der Waals surface area contributed by atoms with E-state index < -0.39 is 24.1 Å². The molecule has 9 heteroatoms. The van der Waals surface area contributed by atoms with E-state index in [4.69, 9.17) is 0 Å². The summed E-state index contributed by atoms with van der Waals surface area (Å²) >= 11 is 0. The third kappa shape index (κ3) is 5.38. The molecule has 0 unspecified atom stereocenters. The summed E-state index contributed by atoms with van der Waals surface area (Å²) in [6, 6.07) is -1.43. The largest absolute Gasteiger partial charge is 0.471 e. The van der Waals surface area contributed by atoms with Crippen molar-refractivity contribution in [1.29, 1.82) is 0 Å². The first kappa shape index (κ1) is 18.0. The normalized spacial score (nSPS) is 12.8. The second-order valence-corrected chi connectivity index (χ2v) is 4.71. The Kier molecular flexibility index (Phi) is 6.39. The third-order valence-electron chi connectivity index (χ3n) is 2.92. The van der Waals surface area contributed by atoms with Crippen LogP contribution in [0.25, 0.3) is 0 Å². The van der Waals surface area contributed by atoms with E-state index >= 15 is 0 Å². The van der Waals surface area contributed by atoms with Crippen molar-refractivity contribution in [3.8, 4) is 0 Å². The Balaban J connectivity index is 2.75. The summed E-state index contributed by atoms with van der Waals surface area (Å²) in [5.74, 6) is -2.46. The summed E-state index contributed by atoms with van der Waals surface area (Å²) in [4.78, 5) is 29.5. The molecule has 1 heterocycles. The molecule has 0 spiro atoms. The fourth-order valence-corrected chi connectivity index (χ4v) is 1.78. The summed E-state index contributed by atoms with van der Waals surface area (Å²) in [5, 5.41) is 1.62. The van der Waals surface area contributed by atoms with Crippen LogP contribution in [0, 0.1) is 0 Å². The molecule has 6 nitrogen and oxygen atoms in total. The van der Waals surface area contributed by atoms with Gasteiger partial charge >= 0.3 is 18.1 Å². The zero-order chi connectivity index (χ0) is 16.8. The van der Waals surface area contributed by atoms with Crippen LogP contribution in [0.5, 0.6) is 0 Å². The number of carbonyl (C=O) groups excluding carboxylic acids is 2. The number of methoxy groups -OCH3 is 1. The minimum absolute atomic E-state index is 0.159. The first-order valence-corrected chi connectivity index (χ1v) is 6.76. The Morgan fingerprint density at radius 1 is 1.45 bits per heavy atom. The average molecular weight is 321 g/mol. The van der Waals surface area contributed by atoms with Gasteiger partial charge in [0.15, 0.2) is 0 Å². The van der Waals surface area contributed by atoms with Crippen LogP contribution in [-0.4, -0.2) is 41.2 Å². The Morgan fingerprint density at radius 3 is 2.68 bits per heavy atom. The number of hydrogen-bond acceptors (Lipinski definition) is 4. The molecule has 22 heavy (non-hydrogen) atoms. The monoisotopic (exact) mass is 321 g/mol. The quantitative estimate of drug-likeness (QED) is 0.746. The molecule has 1 rings (SSSR count). The maximum Gasteiger partial charge on any atom is 0.471 e. The highest BCUT2D eigenvalue weighted by atomic mass is 19.4. The van der Waals surface area contributed by atoms with Crippen LogP contribution in [0.3, 0.4) is 0 Å². The molecular formula is C13H18F3N3O3. The first-order valence-electron chi connectivity index (χ1n) is 6.76. The van der Waals surface area contributed by atoms with Crippen molar-refractivity contribution in [2.45, 2.75) is 44.8 Å². The molecule has 1 aromatic heterocycles. The molecule has 0 saturated carbocycles. The van der Waals surface area contributed by atoms with Gasteiger partial charge in [-0.05, 0) is 6.42 Å². The molecule has 2 N–H and O–H groups in total. The maximum atomic E-state index is 12.3. The van der Waals surface area contributed by atoms with Crippen LogP contribution in [-0.2, 0) is 27.2 Å². The van der Waals surface area contributed by atoms with Crippen molar-refractivity contribution in [2.75, 3.05) is 7.11 Å². The topological polar surface area (TPSA) is 84.1 Å². The number of aromatic amines is 1. The van der Waals surface area contributed by atoms with Crippen molar-refractivity contribution < 1.29 is 27.5 Å². The van der Waals surface area contributed by atoms with E-state index in [0.717, 1.165) is 20.0 Å². The number of aromatic nitrogens is 2. The van der Waals surface area contributed by atoms with Gasteiger partial charge in [-0.2, -0.15) is 13.2 Å². The Morgan fingerprint density at radius 2 is 2.14 bits per heavy atom. The number of nitrogens with zero attached hydrogens (tertiary/aromatic N) is 1. The summed E-state index contributed by atoms with van der Waals surface area (Å²) in [7, 11) is 1.04. The van der Waals surface area contributed by atoms with Gasteiger partial charge in [0.05, 0.1) is 7.11 Å². The van der Waals surface area contributed by atoms with E-state index in [-0.39, 0.29) is 6.42 Å². The van der Waals surface area contributed by atoms with Gasteiger partial charge in [0, 0.05) is 24.7 Å². The van der Waals surface area contributed by atoms with Crippen LogP contribution in [0.4, 0.5) is 13.2 Å². The van der Waals surface area contributed by atoms with E-state index in [9.17, 15) is 22.8 Å². The lowest BCUT2D eigenvalue weighted by Gasteiger charge is -2.16. The number of rotatable bonds is 7. The van der Waals surface area contributed by atoms with Crippen LogP contribution < -0.4 is 5.32 Å². The molecule has 0 saturated heterocycles. The minimum Gasteiger partial charge on any atom is -0.467 e. The standard InChI is InChI=1S/C13H18F3N3O3/c1-3-4-5-10-17-7-8(18-10)6-9(11(20)22-2)19-12(21)13(14,15)16/h7,9H,3-6H2,1-2H3,(H,17,18)(H,19,21)/t9-/m0/s1. The number of hydrogen-bond donors (Lipinski definition) is 2. The average Bonchev–Trinajstić information content (AvgIpc) is 2.90. The lowest BCUT2D eigenvalue weighted by atomic mass is 10.1. The number of esters is 1. The molecular weight excluding hydrogens is 303 g/mol. The molecule has 0 aliphatic carbocycles. The van der Waals surface area contributed by atoms with Crippen LogP contribution in [0.2, 0.25) is 0 Å². The van der Waals surface area contributed by atoms with Gasteiger partial charge in [-0.25, -0.2) is 9.78 Å². The zero-order valence-corrected chi connectivity index (χ0v) is 12.3. The van der Waals surface area contributed by atoms with E-state index in [0.29, 0.717) is 17.9 Å². The smallest absolute Gasteiger partial charge is 0.467 e. The zero-order valence-electron chi connectivity index (χ0n) is 12.3. The number of halogens is 3. The van der Waals surface area contributed by atoms with Gasteiger partial charge in [-0.15, -0.1) is 0 Å². The summed E-state index contributed by atoms with van der Waals surface area (Å²) in [6.45, 7) is 2.02. The van der Waals surface area contributed by atoms with Crippen molar-refractivity contribution in [2.24, 2.45) is 0 Å². The SMILES string of the molecule is CCCCc1ncc(C[C@H](NC(=O)C(F)(F)F)C(=O)OC)[nH]1. The lowest BCUT2D eigenvalue weighted by Crippen LogP contribution is -2.48. The Labute approximate surface area is 125 Å². The highest BCUT2D eigenvalue weighted by molar-refractivity contribution is 5.87. The number of aryl methyl sites for hydroxylation is 1. The predicted molar refractivity (Wildman–Crippen MR) is 70.9 cm³/mol. The van der Waals surface area contributed by atoms with E-state index in [1.807, 2.05) is 6.92 Å². The lowest BCUT2D eigenvalue weighted by molar-refractivity contribution is -0.175. The molecule has 1 amide bonds. The molecule has 0 aliphatic rings. The molecule has 0 bridgehead atoms. The Hall–Kier alpha value is -2.06. The number of alkyl halides is 3. The molecule has 1 aromatic rings.